The summed E-state index contributed by atoms with van der Waals surface area (Å²) in [6.45, 7) is 4.73. The van der Waals surface area contributed by atoms with Crippen LogP contribution in [0.1, 0.15) is 31.2 Å². The molecule has 0 unspecified atom stereocenters. The highest BCUT2D eigenvalue weighted by atomic mass is 16.5. The number of hydrogen-bond acceptors (Lipinski definition) is 6. The third-order valence-electron chi connectivity index (χ3n) is 7.04. The summed E-state index contributed by atoms with van der Waals surface area (Å²) in [5.74, 6) is 0.744. The molecule has 0 bridgehead atoms. The summed E-state index contributed by atoms with van der Waals surface area (Å²) in [5.41, 5.74) is 1.04. The maximum atomic E-state index is 12.9. The highest BCUT2D eigenvalue weighted by Gasteiger charge is 2.51. The lowest BCUT2D eigenvalue weighted by atomic mass is 9.84. The van der Waals surface area contributed by atoms with Crippen molar-refractivity contribution >= 4 is 11.8 Å². The van der Waals surface area contributed by atoms with Crippen LogP contribution >= 0.6 is 0 Å². The summed E-state index contributed by atoms with van der Waals surface area (Å²) in [4.78, 5) is 29.7. The Balaban J connectivity index is 1.45. The molecule has 2 N–H and O–H groups in total. The van der Waals surface area contributed by atoms with E-state index >= 15 is 0 Å². The monoisotopic (exact) mass is 445 g/mol. The molecular formula is C24H35N3O5. The first-order valence-electron chi connectivity index (χ1n) is 11.7. The second-order valence-electron chi connectivity index (χ2n) is 9.21. The highest BCUT2D eigenvalue weighted by Crippen LogP contribution is 2.42. The van der Waals surface area contributed by atoms with Gasteiger partial charge in [-0.1, -0.05) is 12.1 Å². The van der Waals surface area contributed by atoms with Gasteiger partial charge in [0.2, 0.25) is 11.8 Å². The van der Waals surface area contributed by atoms with E-state index in [0.29, 0.717) is 39.1 Å². The first-order valence-corrected chi connectivity index (χ1v) is 11.7. The molecule has 8 heteroatoms. The van der Waals surface area contributed by atoms with Crippen LogP contribution in [0.4, 0.5) is 0 Å². The molecule has 1 aromatic carbocycles. The molecule has 0 radical (unpaired) electrons. The molecule has 3 aliphatic heterocycles. The van der Waals surface area contributed by atoms with Crippen LogP contribution in [0.25, 0.3) is 0 Å². The van der Waals surface area contributed by atoms with Gasteiger partial charge in [0, 0.05) is 58.2 Å². The fourth-order valence-electron chi connectivity index (χ4n) is 5.55. The molecule has 2 amide bonds. The third-order valence-corrected chi connectivity index (χ3v) is 7.04. The van der Waals surface area contributed by atoms with Gasteiger partial charge in [-0.3, -0.25) is 14.5 Å². The fraction of sp³-hybridized carbons (Fsp3) is 0.667. The van der Waals surface area contributed by atoms with Crippen molar-refractivity contribution in [3.8, 4) is 5.75 Å². The number of fused-ring (bicyclic) bond motifs is 1. The Morgan fingerprint density at radius 3 is 2.81 bits per heavy atom. The number of carbonyl (C=O) groups is 2. The minimum atomic E-state index is -0.187. The Kier molecular flexibility index (Phi) is 7.65. The van der Waals surface area contributed by atoms with Crippen molar-refractivity contribution in [2.75, 3.05) is 46.5 Å². The third kappa shape index (κ3) is 5.42. The molecular weight excluding hydrogens is 410 g/mol. The summed E-state index contributed by atoms with van der Waals surface area (Å²) < 4.78 is 11.1. The number of amides is 2. The Labute approximate surface area is 189 Å². The maximum Gasteiger partial charge on any atom is 0.222 e. The van der Waals surface area contributed by atoms with Crippen molar-refractivity contribution in [1.82, 2.24) is 15.1 Å². The number of hydrogen-bond donors (Lipinski definition) is 2. The Morgan fingerprint density at radius 1 is 1.25 bits per heavy atom. The smallest absolute Gasteiger partial charge is 0.222 e. The molecule has 176 valence electrons. The molecule has 32 heavy (non-hydrogen) atoms. The van der Waals surface area contributed by atoms with E-state index in [1.807, 2.05) is 17.0 Å². The number of phenols is 1. The first-order chi connectivity index (χ1) is 15.5. The molecule has 0 saturated carbocycles. The molecule has 3 aliphatic rings. The number of rotatable bonds is 9. The summed E-state index contributed by atoms with van der Waals surface area (Å²) in [5, 5.41) is 12.7. The molecule has 0 aliphatic carbocycles. The van der Waals surface area contributed by atoms with Crippen LogP contribution < -0.4 is 5.32 Å². The first kappa shape index (κ1) is 23.0. The van der Waals surface area contributed by atoms with Gasteiger partial charge < -0.3 is 24.8 Å². The van der Waals surface area contributed by atoms with E-state index in [0.717, 1.165) is 38.0 Å². The fourth-order valence-corrected chi connectivity index (χ4v) is 5.55. The number of phenolic OH excluding ortho intramolecular Hbond substituents is 1. The van der Waals surface area contributed by atoms with Crippen LogP contribution in [0, 0.1) is 11.8 Å². The van der Waals surface area contributed by atoms with E-state index in [-0.39, 0.29) is 41.5 Å². The number of carbonyl (C=O) groups excluding carboxylic acids is 2. The van der Waals surface area contributed by atoms with Gasteiger partial charge in [0.25, 0.3) is 0 Å². The zero-order chi connectivity index (χ0) is 22.5. The largest absolute Gasteiger partial charge is 0.508 e. The number of benzene rings is 1. The summed E-state index contributed by atoms with van der Waals surface area (Å²) in [6, 6.07) is 7.49. The van der Waals surface area contributed by atoms with E-state index in [9.17, 15) is 14.7 Å². The van der Waals surface area contributed by atoms with Gasteiger partial charge in [-0.2, -0.15) is 0 Å². The SMILES string of the molecule is COCCNC(=O)C[C@@H]1OC[C@@H]2[C@H]1[C@H](CC(=O)N1CCCC1)CN2Cc1cccc(O)c1. The highest BCUT2D eigenvalue weighted by molar-refractivity contribution is 5.77. The Hall–Kier alpha value is -2.16. The van der Waals surface area contributed by atoms with Crippen LogP contribution in [-0.4, -0.2) is 85.4 Å². The predicted octanol–water partition coefficient (Wildman–Crippen LogP) is 1.37. The Bertz CT molecular complexity index is 798. The van der Waals surface area contributed by atoms with Crippen molar-refractivity contribution in [3.63, 3.8) is 0 Å². The molecule has 0 aromatic heterocycles. The van der Waals surface area contributed by atoms with Crippen molar-refractivity contribution < 1.29 is 24.2 Å². The van der Waals surface area contributed by atoms with Gasteiger partial charge in [-0.25, -0.2) is 0 Å². The van der Waals surface area contributed by atoms with Crippen LogP contribution in [0.5, 0.6) is 5.75 Å². The number of likely N-dealkylation sites (tertiary alicyclic amines) is 2. The predicted molar refractivity (Wildman–Crippen MR) is 119 cm³/mol. The lowest BCUT2D eigenvalue weighted by molar-refractivity contribution is -0.131. The van der Waals surface area contributed by atoms with Crippen LogP contribution in [0.3, 0.4) is 0 Å². The minimum Gasteiger partial charge on any atom is -0.508 e. The second-order valence-corrected chi connectivity index (χ2v) is 9.21. The molecule has 3 heterocycles. The Morgan fingerprint density at radius 2 is 2.06 bits per heavy atom. The van der Waals surface area contributed by atoms with Gasteiger partial charge in [0.1, 0.15) is 5.75 Å². The van der Waals surface area contributed by atoms with E-state index in [1.54, 1.807) is 19.2 Å². The molecule has 8 nitrogen and oxygen atoms in total. The molecule has 3 saturated heterocycles. The number of methoxy groups -OCH3 is 1. The molecule has 4 rings (SSSR count). The average Bonchev–Trinajstić information content (AvgIpc) is 3.49. The molecule has 4 atom stereocenters. The van der Waals surface area contributed by atoms with E-state index in [4.69, 9.17) is 9.47 Å². The average molecular weight is 446 g/mol. The van der Waals surface area contributed by atoms with Crippen LogP contribution in [-0.2, 0) is 25.6 Å². The van der Waals surface area contributed by atoms with Gasteiger partial charge in [0.15, 0.2) is 0 Å². The van der Waals surface area contributed by atoms with Gasteiger partial charge in [0.05, 0.1) is 25.7 Å². The number of ether oxygens (including phenoxy) is 2. The summed E-state index contributed by atoms with van der Waals surface area (Å²) >= 11 is 0. The maximum absolute atomic E-state index is 12.9. The lowest BCUT2D eigenvalue weighted by Gasteiger charge is -2.24. The summed E-state index contributed by atoms with van der Waals surface area (Å²) in [6.07, 6.45) is 2.79. The van der Waals surface area contributed by atoms with E-state index in [2.05, 4.69) is 10.2 Å². The van der Waals surface area contributed by atoms with Gasteiger partial charge in [-0.15, -0.1) is 0 Å². The minimum absolute atomic E-state index is 0.0382. The van der Waals surface area contributed by atoms with Crippen molar-refractivity contribution in [2.24, 2.45) is 11.8 Å². The lowest BCUT2D eigenvalue weighted by Crippen LogP contribution is -2.37. The topological polar surface area (TPSA) is 91.3 Å². The molecule has 0 spiro atoms. The van der Waals surface area contributed by atoms with Crippen LogP contribution in [0.2, 0.25) is 0 Å². The van der Waals surface area contributed by atoms with Crippen molar-refractivity contribution in [3.05, 3.63) is 29.8 Å². The van der Waals surface area contributed by atoms with Gasteiger partial charge in [-0.05, 0) is 36.5 Å². The second kappa shape index (κ2) is 10.6. The van der Waals surface area contributed by atoms with Crippen LogP contribution in [0.15, 0.2) is 24.3 Å². The number of nitrogens with zero attached hydrogens (tertiary/aromatic N) is 2. The normalized spacial score (nSPS) is 27.6. The van der Waals surface area contributed by atoms with E-state index in [1.165, 1.54) is 0 Å². The standard InChI is InChI=1S/C24H35N3O5/c1-31-10-7-25-22(29)13-21-24-18(12-23(30)26-8-2-3-9-26)15-27(20(24)16-32-21)14-17-5-4-6-19(28)11-17/h4-6,11,18,20-21,24,28H,2-3,7-10,12-16H2,1H3,(H,25,29)/t18-,20-,21+,24-/m1/s1. The zero-order valence-corrected chi connectivity index (χ0v) is 18.9. The zero-order valence-electron chi connectivity index (χ0n) is 18.9. The van der Waals surface area contributed by atoms with Gasteiger partial charge >= 0.3 is 0 Å². The number of aromatic hydroxyl groups is 1. The van der Waals surface area contributed by atoms with Crippen molar-refractivity contribution in [2.45, 2.75) is 44.4 Å². The number of nitrogens with one attached hydrogen (secondary N) is 1. The quantitative estimate of drug-likeness (QED) is 0.558. The summed E-state index contributed by atoms with van der Waals surface area (Å²) in [7, 11) is 1.61. The van der Waals surface area contributed by atoms with Crippen molar-refractivity contribution in [1.29, 1.82) is 0 Å². The molecule has 1 aromatic rings. The molecule has 3 fully saturated rings. The van der Waals surface area contributed by atoms with E-state index < -0.39 is 0 Å².